The minimum atomic E-state index is -0.265. The molecule has 0 unspecified atom stereocenters. The molecule has 3 aromatic rings. The Labute approximate surface area is 227 Å². The molecule has 0 amide bonds. The van der Waals surface area contributed by atoms with Gasteiger partial charge in [-0.2, -0.15) is 0 Å². The molecule has 0 aromatic heterocycles. The topological polar surface area (TPSA) is 20.2 Å². The maximum Gasteiger partial charge on any atom is 0.121 e. The van der Waals surface area contributed by atoms with Gasteiger partial charge in [0.05, 0.1) is 0 Å². The predicted octanol–water partition coefficient (Wildman–Crippen LogP) is 9.52. The fraction of sp³-hybridized carbons (Fsp3) is 0.500. The first-order valence-corrected chi connectivity index (χ1v) is 14.9. The van der Waals surface area contributed by atoms with Crippen LogP contribution in [0.15, 0.2) is 36.4 Å². The zero-order valence-corrected chi connectivity index (χ0v) is 25.1. The van der Waals surface area contributed by atoms with E-state index in [9.17, 15) is 5.11 Å². The molecule has 1 heteroatoms. The molecule has 0 bridgehead atoms. The summed E-state index contributed by atoms with van der Waals surface area (Å²) in [4.78, 5) is 0. The minimum Gasteiger partial charge on any atom is -0.507 e. The lowest BCUT2D eigenvalue weighted by molar-refractivity contribution is 0.460. The highest BCUT2D eigenvalue weighted by molar-refractivity contribution is 5.59. The average molecular weight is 499 g/mol. The van der Waals surface area contributed by atoms with Gasteiger partial charge in [-0.05, 0) is 120 Å². The van der Waals surface area contributed by atoms with Crippen molar-refractivity contribution in [2.75, 3.05) is 0 Å². The van der Waals surface area contributed by atoms with Gasteiger partial charge < -0.3 is 5.11 Å². The van der Waals surface area contributed by atoms with Crippen LogP contribution >= 0.6 is 0 Å². The molecule has 0 aliphatic carbocycles. The van der Waals surface area contributed by atoms with Gasteiger partial charge >= 0.3 is 0 Å². The van der Waals surface area contributed by atoms with E-state index in [4.69, 9.17) is 0 Å². The van der Waals surface area contributed by atoms with Crippen molar-refractivity contribution in [2.45, 2.75) is 119 Å². The molecule has 200 valence electrons. The summed E-state index contributed by atoms with van der Waals surface area (Å²) in [6, 6.07) is 14.7. The van der Waals surface area contributed by atoms with Crippen molar-refractivity contribution in [1.82, 2.24) is 0 Å². The van der Waals surface area contributed by atoms with Gasteiger partial charge in [0.25, 0.3) is 0 Å². The zero-order chi connectivity index (χ0) is 27.3. The van der Waals surface area contributed by atoms with Crippen molar-refractivity contribution >= 4 is 0 Å². The largest absolute Gasteiger partial charge is 0.507 e. The van der Waals surface area contributed by atoms with Crippen molar-refractivity contribution in [3.63, 3.8) is 0 Å². The van der Waals surface area contributed by atoms with Crippen LogP contribution in [0.3, 0.4) is 0 Å². The maximum atomic E-state index is 11.1. The Kier molecular flexibility index (Phi) is 9.68. The smallest absolute Gasteiger partial charge is 0.121 e. The maximum absolute atomic E-state index is 11.1. The Bertz CT molecular complexity index is 1010. The molecule has 0 aliphatic heterocycles. The molecular formula is C36H50O. The molecule has 0 atom stereocenters. The Balaban J connectivity index is 2.58. The standard InChI is InChI=1S/C36H50O/c1-10-17-36(32-18-26(11-2)24(8)27(12-3)19-32,33-20-28(13-4)25(9)29(14-5)21-33)34-22-30(15-6)35(37)31(16-7)23-34/h18-23,37H,10-17H2,1-9H3. The van der Waals surface area contributed by atoms with E-state index in [1.807, 2.05) is 0 Å². The fourth-order valence-electron chi connectivity index (χ4n) is 6.49. The number of aromatic hydroxyl groups is 1. The van der Waals surface area contributed by atoms with E-state index >= 15 is 0 Å². The first kappa shape index (κ1) is 29.0. The first-order valence-electron chi connectivity index (χ1n) is 14.9. The number of benzene rings is 3. The quantitative estimate of drug-likeness (QED) is 0.261. The van der Waals surface area contributed by atoms with Crippen molar-refractivity contribution in [3.8, 4) is 5.75 Å². The molecule has 1 nitrogen and oxygen atoms in total. The highest BCUT2D eigenvalue weighted by atomic mass is 16.3. The number of hydrogen-bond acceptors (Lipinski definition) is 1. The van der Waals surface area contributed by atoms with Gasteiger partial charge in [-0.25, -0.2) is 0 Å². The van der Waals surface area contributed by atoms with Crippen molar-refractivity contribution < 1.29 is 5.11 Å². The SMILES string of the molecule is CCCC(c1cc(CC)c(C)c(CC)c1)(c1cc(CC)c(C)c(CC)c1)c1cc(CC)c(O)c(CC)c1. The van der Waals surface area contributed by atoms with E-state index in [0.29, 0.717) is 5.75 Å². The molecule has 3 rings (SSSR count). The molecule has 1 N–H and O–H groups in total. The van der Waals surface area contributed by atoms with E-state index in [2.05, 4.69) is 98.7 Å². The molecule has 0 saturated heterocycles. The number of hydrogen-bond donors (Lipinski definition) is 1. The highest BCUT2D eigenvalue weighted by Crippen LogP contribution is 2.47. The number of rotatable bonds is 11. The fourth-order valence-corrected chi connectivity index (χ4v) is 6.49. The molecule has 0 saturated carbocycles. The van der Waals surface area contributed by atoms with Crippen LogP contribution in [0.5, 0.6) is 5.75 Å². The normalized spacial score (nSPS) is 11.8. The summed E-state index contributed by atoms with van der Waals surface area (Å²) in [5.41, 5.74) is 14.7. The second-order valence-corrected chi connectivity index (χ2v) is 10.8. The van der Waals surface area contributed by atoms with E-state index < -0.39 is 0 Å². The summed E-state index contributed by atoms with van der Waals surface area (Å²) < 4.78 is 0. The second kappa shape index (κ2) is 12.3. The van der Waals surface area contributed by atoms with Crippen molar-refractivity contribution in [2.24, 2.45) is 0 Å². The third-order valence-electron chi connectivity index (χ3n) is 8.90. The van der Waals surface area contributed by atoms with Gasteiger partial charge in [0, 0.05) is 5.41 Å². The van der Waals surface area contributed by atoms with E-state index in [-0.39, 0.29) is 5.41 Å². The van der Waals surface area contributed by atoms with E-state index in [1.165, 1.54) is 50.1 Å². The number of aryl methyl sites for hydroxylation is 6. The second-order valence-electron chi connectivity index (χ2n) is 10.8. The van der Waals surface area contributed by atoms with Crippen LogP contribution in [-0.2, 0) is 43.9 Å². The van der Waals surface area contributed by atoms with Crippen molar-refractivity contribution in [1.29, 1.82) is 0 Å². The lowest BCUT2D eigenvalue weighted by atomic mass is 9.64. The van der Waals surface area contributed by atoms with Crippen LogP contribution in [0.4, 0.5) is 0 Å². The van der Waals surface area contributed by atoms with Crippen LogP contribution in [0.25, 0.3) is 0 Å². The summed E-state index contributed by atoms with van der Waals surface area (Å²) in [5, 5.41) is 11.1. The molecule has 0 spiro atoms. The lowest BCUT2D eigenvalue weighted by Gasteiger charge is -2.38. The van der Waals surface area contributed by atoms with Crippen LogP contribution in [0.1, 0.15) is 123 Å². The van der Waals surface area contributed by atoms with Gasteiger partial charge in [-0.1, -0.05) is 91.3 Å². The average Bonchev–Trinajstić information content (AvgIpc) is 2.92. The molecule has 0 heterocycles. The van der Waals surface area contributed by atoms with E-state index in [0.717, 1.165) is 62.5 Å². The van der Waals surface area contributed by atoms with Gasteiger partial charge in [-0.3, -0.25) is 0 Å². The zero-order valence-electron chi connectivity index (χ0n) is 25.1. The number of phenols is 1. The Morgan fingerprint density at radius 3 is 1.00 bits per heavy atom. The third-order valence-corrected chi connectivity index (χ3v) is 8.90. The molecule has 0 radical (unpaired) electrons. The first-order chi connectivity index (χ1) is 17.7. The monoisotopic (exact) mass is 498 g/mol. The van der Waals surface area contributed by atoms with Crippen molar-refractivity contribution in [3.05, 3.63) is 97.6 Å². The van der Waals surface area contributed by atoms with E-state index in [1.54, 1.807) is 0 Å². The molecule has 0 fully saturated rings. The molecular weight excluding hydrogens is 448 g/mol. The lowest BCUT2D eigenvalue weighted by Crippen LogP contribution is -2.31. The van der Waals surface area contributed by atoms with Gasteiger partial charge in [0.1, 0.15) is 5.75 Å². The number of phenolic OH excluding ortho intramolecular Hbond substituents is 1. The summed E-state index contributed by atoms with van der Waals surface area (Å²) in [6.07, 6.45) is 7.94. The van der Waals surface area contributed by atoms with Gasteiger partial charge in [0.15, 0.2) is 0 Å². The summed E-state index contributed by atoms with van der Waals surface area (Å²) in [7, 11) is 0. The predicted molar refractivity (Wildman–Crippen MR) is 162 cm³/mol. The molecule has 3 aromatic carbocycles. The Hall–Kier alpha value is -2.54. The molecule has 37 heavy (non-hydrogen) atoms. The Morgan fingerprint density at radius 2 is 0.757 bits per heavy atom. The minimum absolute atomic E-state index is 0.265. The highest BCUT2D eigenvalue weighted by Gasteiger charge is 2.38. The van der Waals surface area contributed by atoms with Gasteiger partial charge in [0.2, 0.25) is 0 Å². The summed E-state index contributed by atoms with van der Waals surface area (Å²) in [6.45, 7) is 20.4. The third kappa shape index (κ3) is 5.25. The van der Waals surface area contributed by atoms with Crippen LogP contribution in [0, 0.1) is 13.8 Å². The Morgan fingerprint density at radius 1 is 0.486 bits per heavy atom. The summed E-state index contributed by atoms with van der Waals surface area (Å²) in [5.74, 6) is 0.485. The van der Waals surface area contributed by atoms with Crippen LogP contribution in [0.2, 0.25) is 0 Å². The molecule has 0 aliphatic rings. The van der Waals surface area contributed by atoms with Crippen LogP contribution in [-0.4, -0.2) is 5.11 Å². The summed E-state index contributed by atoms with van der Waals surface area (Å²) >= 11 is 0. The van der Waals surface area contributed by atoms with Gasteiger partial charge in [-0.15, -0.1) is 0 Å². The van der Waals surface area contributed by atoms with Crippen LogP contribution < -0.4 is 0 Å².